The summed E-state index contributed by atoms with van der Waals surface area (Å²) in [4.78, 5) is 11.0. The number of carbonyl (C=O) groups is 1. The van der Waals surface area contributed by atoms with E-state index in [-0.39, 0.29) is 12.2 Å². The molecule has 0 aliphatic carbocycles. The van der Waals surface area contributed by atoms with Crippen molar-refractivity contribution in [3.8, 4) is 17.0 Å². The Hall–Kier alpha value is -2.41. The van der Waals surface area contributed by atoms with Gasteiger partial charge in [0.2, 0.25) is 0 Å². The maximum Gasteiger partial charge on any atom is 0.171 e. The van der Waals surface area contributed by atoms with Gasteiger partial charge in [-0.25, -0.2) is 4.39 Å². The fourth-order valence-corrected chi connectivity index (χ4v) is 2.77. The molecule has 3 rings (SSSR count). The van der Waals surface area contributed by atoms with Crippen LogP contribution in [0, 0.1) is 5.82 Å². The van der Waals surface area contributed by atoms with E-state index in [0.717, 1.165) is 0 Å². The number of fused-ring (bicyclic) bond motifs is 1. The molecule has 124 valence electrons. The number of carbonyl (C=O) groups excluding carboxylic acids is 1. The molecule has 1 unspecified atom stereocenters. The number of hydrogen-bond donors (Lipinski definition) is 0. The summed E-state index contributed by atoms with van der Waals surface area (Å²) in [5.41, 5.74) is 1.04. The molecule has 5 nitrogen and oxygen atoms in total. The maximum atomic E-state index is 14.0. The van der Waals surface area contributed by atoms with Gasteiger partial charge in [0.05, 0.1) is 15.8 Å². The lowest BCUT2D eigenvalue weighted by atomic mass is 10.1. The van der Waals surface area contributed by atoms with Crippen molar-refractivity contribution in [2.45, 2.75) is 19.4 Å². The summed E-state index contributed by atoms with van der Waals surface area (Å²) in [6.45, 7) is 1.68. The number of aliphatic carboxylic acids is 1. The topological polar surface area (TPSA) is 75.4 Å². The summed E-state index contributed by atoms with van der Waals surface area (Å²) < 4.78 is 25.2. The van der Waals surface area contributed by atoms with Gasteiger partial charge in [-0.1, -0.05) is 24.2 Å². The zero-order valence-electron chi connectivity index (χ0n) is 12.6. The molecule has 1 heterocycles. The standard InChI is InChI=1S/C17H13BrFNO4/c1-2-13(17(21)22)23-15-8-14-10(7-11(15)18)16(20-24-14)9-5-3-4-6-12(9)19/h3-8,13H,2H2,1H3,(H,21,22)/p-1. The lowest BCUT2D eigenvalue weighted by Gasteiger charge is -2.19. The van der Waals surface area contributed by atoms with E-state index in [1.54, 1.807) is 31.2 Å². The molecule has 0 N–H and O–H groups in total. The van der Waals surface area contributed by atoms with E-state index in [2.05, 4.69) is 21.1 Å². The van der Waals surface area contributed by atoms with Gasteiger partial charge in [-0.3, -0.25) is 0 Å². The first kappa shape index (κ1) is 16.4. The molecular weight excluding hydrogens is 381 g/mol. The quantitative estimate of drug-likeness (QED) is 0.665. The maximum absolute atomic E-state index is 14.0. The molecular formula is C17H12BrFNO4-. The summed E-state index contributed by atoms with van der Waals surface area (Å²) >= 11 is 3.33. The number of rotatable bonds is 5. The molecule has 0 spiro atoms. The third-order valence-corrected chi connectivity index (χ3v) is 4.18. The molecule has 2 aromatic carbocycles. The second-order valence-corrected chi connectivity index (χ2v) is 5.98. The fraction of sp³-hybridized carbons (Fsp3) is 0.176. The molecule has 0 saturated carbocycles. The van der Waals surface area contributed by atoms with Gasteiger partial charge in [0.25, 0.3) is 0 Å². The third-order valence-electron chi connectivity index (χ3n) is 3.56. The Labute approximate surface area is 145 Å². The number of nitrogens with zero attached hydrogens (tertiary/aromatic N) is 1. The van der Waals surface area contributed by atoms with Crippen LogP contribution in [-0.4, -0.2) is 17.2 Å². The number of aromatic nitrogens is 1. The van der Waals surface area contributed by atoms with E-state index < -0.39 is 17.9 Å². The number of carboxylic acids is 1. The summed E-state index contributed by atoms with van der Waals surface area (Å²) in [5, 5.41) is 15.5. The Morgan fingerprint density at radius 2 is 2.17 bits per heavy atom. The van der Waals surface area contributed by atoms with Crippen molar-refractivity contribution < 1.29 is 23.6 Å². The first-order chi connectivity index (χ1) is 11.5. The van der Waals surface area contributed by atoms with Gasteiger partial charge in [0, 0.05) is 11.6 Å². The molecule has 0 amide bonds. The minimum absolute atomic E-state index is 0.254. The molecule has 0 aliphatic rings. The molecule has 0 fully saturated rings. The van der Waals surface area contributed by atoms with Gasteiger partial charge in [-0.15, -0.1) is 0 Å². The summed E-state index contributed by atoms with van der Waals surface area (Å²) in [6.07, 6.45) is -0.823. The predicted octanol–water partition coefficient (Wildman–Crippen LogP) is 3.30. The van der Waals surface area contributed by atoms with Crippen LogP contribution in [0.25, 0.3) is 22.2 Å². The second-order valence-electron chi connectivity index (χ2n) is 5.12. The molecule has 0 saturated heterocycles. The number of halogens is 2. The van der Waals surface area contributed by atoms with Gasteiger partial charge in [-0.2, -0.15) is 0 Å². The Bertz CT molecular complexity index is 909. The van der Waals surface area contributed by atoms with Crippen molar-refractivity contribution in [2.75, 3.05) is 0 Å². The number of ether oxygens (including phenoxy) is 1. The van der Waals surface area contributed by atoms with Crippen LogP contribution in [0.1, 0.15) is 13.3 Å². The van der Waals surface area contributed by atoms with Crippen LogP contribution in [-0.2, 0) is 4.79 Å². The van der Waals surface area contributed by atoms with Crippen molar-refractivity contribution in [3.63, 3.8) is 0 Å². The van der Waals surface area contributed by atoms with Crippen LogP contribution in [0.2, 0.25) is 0 Å². The Morgan fingerprint density at radius 3 is 2.83 bits per heavy atom. The van der Waals surface area contributed by atoms with Crippen molar-refractivity contribution in [2.24, 2.45) is 0 Å². The Morgan fingerprint density at radius 1 is 1.42 bits per heavy atom. The Kier molecular flexibility index (Phi) is 4.53. The van der Waals surface area contributed by atoms with Crippen molar-refractivity contribution in [1.82, 2.24) is 5.16 Å². The third kappa shape index (κ3) is 2.99. The Balaban J connectivity index is 2.05. The second kappa shape index (κ2) is 6.60. The molecule has 1 aromatic heterocycles. The summed E-state index contributed by atoms with van der Waals surface area (Å²) in [7, 11) is 0. The van der Waals surface area contributed by atoms with E-state index in [1.165, 1.54) is 12.1 Å². The summed E-state index contributed by atoms with van der Waals surface area (Å²) in [5.74, 6) is -1.42. The fourth-order valence-electron chi connectivity index (χ4n) is 2.33. The molecule has 3 aromatic rings. The highest BCUT2D eigenvalue weighted by molar-refractivity contribution is 9.10. The number of carboxylic acid groups (broad SMARTS) is 1. The van der Waals surface area contributed by atoms with Crippen molar-refractivity contribution in [1.29, 1.82) is 0 Å². The monoisotopic (exact) mass is 392 g/mol. The van der Waals surface area contributed by atoms with E-state index >= 15 is 0 Å². The lowest BCUT2D eigenvalue weighted by Crippen LogP contribution is -2.39. The molecule has 0 radical (unpaired) electrons. The lowest BCUT2D eigenvalue weighted by molar-refractivity contribution is -0.313. The van der Waals surface area contributed by atoms with Crippen molar-refractivity contribution in [3.05, 3.63) is 46.7 Å². The summed E-state index contributed by atoms with van der Waals surface area (Å²) in [6, 6.07) is 9.42. The van der Waals surface area contributed by atoms with Gasteiger partial charge in [0.1, 0.15) is 23.4 Å². The number of hydrogen-bond acceptors (Lipinski definition) is 5. The van der Waals surface area contributed by atoms with Crippen LogP contribution >= 0.6 is 15.9 Å². The first-order valence-corrected chi connectivity index (χ1v) is 8.02. The van der Waals surface area contributed by atoms with Crippen LogP contribution in [0.4, 0.5) is 4.39 Å². The van der Waals surface area contributed by atoms with Gasteiger partial charge in [0.15, 0.2) is 5.58 Å². The SMILES string of the molecule is CCC(Oc1cc2onc(-c3ccccc3F)c2cc1Br)C(=O)[O-]. The first-order valence-electron chi connectivity index (χ1n) is 7.22. The van der Waals surface area contributed by atoms with Crippen LogP contribution in [0.15, 0.2) is 45.4 Å². The largest absolute Gasteiger partial charge is 0.546 e. The zero-order chi connectivity index (χ0) is 17.3. The minimum atomic E-state index is -1.30. The molecule has 0 bridgehead atoms. The number of benzene rings is 2. The highest BCUT2D eigenvalue weighted by Gasteiger charge is 2.18. The average Bonchev–Trinajstić information content (AvgIpc) is 2.95. The van der Waals surface area contributed by atoms with E-state index in [1.807, 2.05) is 0 Å². The van der Waals surface area contributed by atoms with Gasteiger partial charge < -0.3 is 19.2 Å². The molecule has 1 atom stereocenters. The van der Waals surface area contributed by atoms with Crippen LogP contribution in [0.3, 0.4) is 0 Å². The molecule has 0 aliphatic heterocycles. The highest BCUT2D eigenvalue weighted by atomic mass is 79.9. The van der Waals surface area contributed by atoms with Crippen LogP contribution < -0.4 is 9.84 Å². The predicted molar refractivity (Wildman–Crippen MR) is 86.8 cm³/mol. The van der Waals surface area contributed by atoms with Crippen molar-refractivity contribution >= 4 is 32.9 Å². The van der Waals surface area contributed by atoms with Gasteiger partial charge >= 0.3 is 0 Å². The van der Waals surface area contributed by atoms with Gasteiger partial charge in [-0.05, 0) is 40.5 Å². The van der Waals surface area contributed by atoms with E-state index in [4.69, 9.17) is 9.26 Å². The normalized spacial score (nSPS) is 12.3. The molecule has 24 heavy (non-hydrogen) atoms. The average molecular weight is 393 g/mol. The smallest absolute Gasteiger partial charge is 0.171 e. The highest BCUT2D eigenvalue weighted by Crippen LogP contribution is 2.36. The van der Waals surface area contributed by atoms with Crippen LogP contribution in [0.5, 0.6) is 5.75 Å². The zero-order valence-corrected chi connectivity index (χ0v) is 14.2. The van der Waals surface area contributed by atoms with E-state index in [0.29, 0.717) is 26.7 Å². The van der Waals surface area contributed by atoms with E-state index in [9.17, 15) is 14.3 Å². The minimum Gasteiger partial charge on any atom is -0.546 e. The molecule has 7 heteroatoms.